The van der Waals surface area contributed by atoms with Gasteiger partial charge in [0.2, 0.25) is 11.1 Å². The van der Waals surface area contributed by atoms with E-state index in [4.69, 9.17) is 5.73 Å². The van der Waals surface area contributed by atoms with Crippen LogP contribution in [0.5, 0.6) is 0 Å². The van der Waals surface area contributed by atoms with Crippen LogP contribution in [-0.4, -0.2) is 15.2 Å². The van der Waals surface area contributed by atoms with Gasteiger partial charge in [0, 0.05) is 5.25 Å². The van der Waals surface area contributed by atoms with Gasteiger partial charge in [0.25, 0.3) is 0 Å². The van der Waals surface area contributed by atoms with E-state index in [-0.39, 0.29) is 11.1 Å². The van der Waals surface area contributed by atoms with Crippen molar-refractivity contribution in [1.82, 2.24) is 15.2 Å². The summed E-state index contributed by atoms with van der Waals surface area (Å²) in [6.07, 6.45) is 3.13. The zero-order valence-corrected chi connectivity index (χ0v) is 10.5. The Kier molecular flexibility index (Phi) is 2.95. The smallest absolute Gasteiger partial charge is 0.216 e. The van der Waals surface area contributed by atoms with Gasteiger partial charge in [0.1, 0.15) is 5.82 Å². The number of hydrogen-bond donors (Lipinski definition) is 2. The summed E-state index contributed by atoms with van der Waals surface area (Å²) < 4.78 is 13.3. The van der Waals surface area contributed by atoms with Crippen molar-refractivity contribution in [2.75, 3.05) is 5.73 Å². The number of nitrogens with zero attached hydrogens (tertiary/aromatic N) is 2. The number of aromatic nitrogens is 3. The molecule has 4 nitrogen and oxygen atoms in total. The maximum atomic E-state index is 13.3. The van der Waals surface area contributed by atoms with Gasteiger partial charge in [-0.1, -0.05) is 17.8 Å². The number of benzene rings is 1. The summed E-state index contributed by atoms with van der Waals surface area (Å²) in [4.78, 5) is 4.08. The zero-order chi connectivity index (χ0) is 12.5. The second-order valence-corrected chi connectivity index (χ2v) is 5.51. The second kappa shape index (κ2) is 4.61. The number of fused-ring (bicyclic) bond motifs is 1. The normalized spacial score (nSPS) is 18.6. The van der Waals surface area contributed by atoms with Crippen molar-refractivity contribution < 1.29 is 4.39 Å². The van der Waals surface area contributed by atoms with Crippen LogP contribution in [0.4, 0.5) is 10.3 Å². The highest BCUT2D eigenvalue weighted by atomic mass is 32.2. The number of nitrogens with one attached hydrogen (secondary N) is 1. The number of nitrogen functional groups attached to an aromatic ring is 1. The minimum absolute atomic E-state index is 0.184. The second-order valence-electron chi connectivity index (χ2n) is 4.35. The number of hydrogen-bond acceptors (Lipinski definition) is 4. The van der Waals surface area contributed by atoms with E-state index in [1.54, 1.807) is 6.07 Å². The van der Waals surface area contributed by atoms with Crippen LogP contribution in [0.3, 0.4) is 0 Å². The van der Waals surface area contributed by atoms with Crippen LogP contribution < -0.4 is 5.73 Å². The molecule has 1 aromatic carbocycles. The molecule has 1 aromatic heterocycles. The van der Waals surface area contributed by atoms with Crippen molar-refractivity contribution in [1.29, 1.82) is 0 Å². The summed E-state index contributed by atoms with van der Waals surface area (Å²) in [5, 5.41) is 7.46. The van der Waals surface area contributed by atoms with Gasteiger partial charge in [-0.3, -0.25) is 0 Å². The Morgan fingerprint density at radius 1 is 1.44 bits per heavy atom. The van der Waals surface area contributed by atoms with Crippen LogP contribution in [0.1, 0.15) is 29.2 Å². The predicted molar refractivity (Wildman–Crippen MR) is 68.7 cm³/mol. The van der Waals surface area contributed by atoms with E-state index >= 15 is 0 Å². The molecule has 6 heteroatoms. The third-order valence-corrected chi connectivity index (χ3v) is 4.26. The summed E-state index contributed by atoms with van der Waals surface area (Å²) >= 11 is 1.54. The SMILES string of the molecule is Nc1nc(SC2CCCc3ccc(F)cc32)n[nH]1. The third-order valence-electron chi connectivity index (χ3n) is 3.10. The minimum Gasteiger partial charge on any atom is -0.368 e. The van der Waals surface area contributed by atoms with Crippen molar-refractivity contribution in [3.8, 4) is 0 Å². The highest BCUT2D eigenvalue weighted by molar-refractivity contribution is 7.99. The molecule has 3 rings (SSSR count). The van der Waals surface area contributed by atoms with E-state index in [9.17, 15) is 4.39 Å². The topological polar surface area (TPSA) is 67.6 Å². The monoisotopic (exact) mass is 264 g/mol. The molecule has 1 atom stereocenters. The van der Waals surface area contributed by atoms with E-state index in [0.717, 1.165) is 24.8 Å². The summed E-state index contributed by atoms with van der Waals surface area (Å²) in [6.45, 7) is 0. The Bertz CT molecular complexity index is 569. The maximum absolute atomic E-state index is 13.3. The largest absolute Gasteiger partial charge is 0.368 e. The molecule has 18 heavy (non-hydrogen) atoms. The van der Waals surface area contributed by atoms with Crippen LogP contribution in [0, 0.1) is 5.82 Å². The molecule has 0 saturated heterocycles. The number of rotatable bonds is 2. The van der Waals surface area contributed by atoms with Gasteiger partial charge < -0.3 is 5.73 Å². The number of aryl methyl sites for hydroxylation is 1. The Morgan fingerprint density at radius 2 is 2.33 bits per heavy atom. The highest BCUT2D eigenvalue weighted by Gasteiger charge is 2.23. The number of thioether (sulfide) groups is 1. The van der Waals surface area contributed by atoms with Crippen molar-refractivity contribution in [3.05, 3.63) is 35.1 Å². The molecular weight excluding hydrogens is 251 g/mol. The van der Waals surface area contributed by atoms with Crippen molar-refractivity contribution in [2.24, 2.45) is 0 Å². The van der Waals surface area contributed by atoms with Gasteiger partial charge in [-0.25, -0.2) is 9.49 Å². The molecule has 0 aliphatic heterocycles. The average Bonchev–Trinajstić information content (AvgIpc) is 2.76. The molecule has 0 saturated carbocycles. The fourth-order valence-corrected chi connectivity index (χ4v) is 3.42. The lowest BCUT2D eigenvalue weighted by Crippen LogP contribution is -2.07. The molecule has 0 spiro atoms. The van der Waals surface area contributed by atoms with Gasteiger partial charge >= 0.3 is 0 Å². The molecule has 2 aromatic rings. The Morgan fingerprint density at radius 3 is 3.11 bits per heavy atom. The van der Waals surface area contributed by atoms with Crippen LogP contribution in [0.15, 0.2) is 23.4 Å². The van der Waals surface area contributed by atoms with E-state index in [0.29, 0.717) is 11.1 Å². The Hall–Kier alpha value is -1.56. The fraction of sp³-hybridized carbons (Fsp3) is 0.333. The molecule has 3 N–H and O–H groups in total. The molecular formula is C12H13FN4S. The van der Waals surface area contributed by atoms with Gasteiger partial charge in [0.15, 0.2) is 0 Å². The van der Waals surface area contributed by atoms with E-state index in [1.807, 2.05) is 6.07 Å². The highest BCUT2D eigenvalue weighted by Crippen LogP contribution is 2.42. The molecule has 0 bridgehead atoms. The predicted octanol–water partition coefficient (Wildman–Crippen LogP) is 2.70. The van der Waals surface area contributed by atoms with Crippen LogP contribution in [0.25, 0.3) is 0 Å². The number of nitrogens with two attached hydrogens (primary N) is 1. The molecule has 1 aliphatic carbocycles. The molecule has 0 amide bonds. The minimum atomic E-state index is -0.184. The first kappa shape index (κ1) is 11.5. The first-order chi connectivity index (χ1) is 8.72. The first-order valence-electron chi connectivity index (χ1n) is 5.85. The third kappa shape index (κ3) is 2.20. The number of H-pyrrole nitrogens is 1. The molecule has 1 unspecified atom stereocenters. The summed E-state index contributed by atoms with van der Waals surface area (Å²) in [6, 6.07) is 5.03. The first-order valence-corrected chi connectivity index (χ1v) is 6.73. The van der Waals surface area contributed by atoms with E-state index < -0.39 is 0 Å². The standard InChI is InChI=1S/C12H13FN4S/c13-8-5-4-7-2-1-3-10(9(7)6-8)18-12-15-11(14)16-17-12/h4-6,10H,1-3H2,(H3,14,15,16,17). The van der Waals surface area contributed by atoms with E-state index in [2.05, 4.69) is 15.2 Å². The summed E-state index contributed by atoms with van der Waals surface area (Å²) in [5.74, 6) is 0.128. The van der Waals surface area contributed by atoms with Crippen molar-refractivity contribution in [2.45, 2.75) is 29.7 Å². The van der Waals surface area contributed by atoms with Gasteiger partial charge in [0.05, 0.1) is 0 Å². The van der Waals surface area contributed by atoms with Crippen molar-refractivity contribution in [3.63, 3.8) is 0 Å². The van der Waals surface area contributed by atoms with Gasteiger partial charge in [-0.15, -0.1) is 5.10 Å². The Balaban J connectivity index is 1.88. The van der Waals surface area contributed by atoms with Crippen molar-refractivity contribution >= 4 is 17.7 Å². The Labute approximate surface area is 108 Å². The number of aromatic amines is 1. The molecule has 1 aliphatic rings. The quantitative estimate of drug-likeness (QED) is 0.875. The lowest BCUT2D eigenvalue weighted by atomic mass is 9.91. The van der Waals surface area contributed by atoms with Gasteiger partial charge in [-0.2, -0.15) is 4.98 Å². The van der Waals surface area contributed by atoms with Crippen LogP contribution in [0.2, 0.25) is 0 Å². The molecule has 94 valence electrons. The molecule has 0 radical (unpaired) electrons. The number of anilines is 1. The molecule has 0 fully saturated rings. The maximum Gasteiger partial charge on any atom is 0.216 e. The molecule has 1 heterocycles. The fourth-order valence-electron chi connectivity index (χ4n) is 2.29. The summed E-state index contributed by atoms with van der Waals surface area (Å²) in [7, 11) is 0. The lowest BCUT2D eigenvalue weighted by molar-refractivity contribution is 0.611. The van der Waals surface area contributed by atoms with Crippen LogP contribution in [-0.2, 0) is 6.42 Å². The summed E-state index contributed by atoms with van der Waals surface area (Å²) in [5.41, 5.74) is 7.79. The average molecular weight is 264 g/mol. The van der Waals surface area contributed by atoms with Crippen LogP contribution >= 0.6 is 11.8 Å². The lowest BCUT2D eigenvalue weighted by Gasteiger charge is -2.23. The van der Waals surface area contributed by atoms with E-state index in [1.165, 1.54) is 23.4 Å². The number of halogens is 1. The zero-order valence-electron chi connectivity index (χ0n) is 9.69. The van der Waals surface area contributed by atoms with Gasteiger partial charge in [-0.05, 0) is 42.5 Å².